The molecule has 29 heavy (non-hydrogen) atoms. The van der Waals surface area contributed by atoms with Crippen LogP contribution in [0.2, 0.25) is 0 Å². The van der Waals surface area contributed by atoms with Gasteiger partial charge in [0, 0.05) is 31.3 Å². The fourth-order valence-corrected chi connectivity index (χ4v) is 4.40. The van der Waals surface area contributed by atoms with Crippen molar-refractivity contribution in [3.63, 3.8) is 0 Å². The molecular weight excluding hydrogens is 388 g/mol. The maximum Gasteiger partial charge on any atom is 0.175 e. The van der Waals surface area contributed by atoms with E-state index in [0.29, 0.717) is 11.7 Å². The van der Waals surface area contributed by atoms with E-state index in [4.69, 9.17) is 4.74 Å². The van der Waals surface area contributed by atoms with Crippen LogP contribution < -0.4 is 15.0 Å². The van der Waals surface area contributed by atoms with Crippen molar-refractivity contribution in [2.45, 2.75) is 11.3 Å². The third kappa shape index (κ3) is 4.12. The molecule has 1 aromatic heterocycles. The Balaban J connectivity index is 1.49. The van der Waals surface area contributed by atoms with Gasteiger partial charge in [0.25, 0.3) is 0 Å². The van der Waals surface area contributed by atoms with Crippen LogP contribution in [0.1, 0.15) is 6.42 Å². The third-order valence-corrected chi connectivity index (χ3v) is 6.42. The average molecular weight is 413 g/mol. The quantitative estimate of drug-likeness (QED) is 0.666. The van der Waals surface area contributed by atoms with E-state index >= 15 is 0 Å². The summed E-state index contributed by atoms with van der Waals surface area (Å²) in [5.74, 6) is 2.00. The molecule has 1 N–H and O–H groups in total. The number of hydrogen-bond acceptors (Lipinski definition) is 7. The largest absolute Gasteiger partial charge is 0.495 e. The van der Waals surface area contributed by atoms with Crippen LogP contribution in [0.15, 0.2) is 53.7 Å². The van der Waals surface area contributed by atoms with Crippen LogP contribution >= 0.6 is 0 Å². The van der Waals surface area contributed by atoms with E-state index in [1.165, 1.54) is 12.6 Å². The van der Waals surface area contributed by atoms with Crippen LogP contribution in [0.5, 0.6) is 5.75 Å². The van der Waals surface area contributed by atoms with E-state index in [0.717, 1.165) is 48.4 Å². The summed E-state index contributed by atoms with van der Waals surface area (Å²) in [6.45, 7) is 2.64. The number of aromatic nitrogens is 2. The summed E-state index contributed by atoms with van der Waals surface area (Å²) >= 11 is 0. The highest BCUT2D eigenvalue weighted by Crippen LogP contribution is 2.32. The van der Waals surface area contributed by atoms with Crippen molar-refractivity contribution in [3.05, 3.63) is 48.8 Å². The van der Waals surface area contributed by atoms with Gasteiger partial charge in [0.15, 0.2) is 9.84 Å². The molecule has 1 atom stereocenters. The van der Waals surface area contributed by atoms with Gasteiger partial charge in [-0.15, -0.1) is 0 Å². The minimum Gasteiger partial charge on any atom is -0.495 e. The molecule has 152 valence electrons. The van der Waals surface area contributed by atoms with Crippen molar-refractivity contribution in [1.82, 2.24) is 9.97 Å². The fourth-order valence-electron chi connectivity index (χ4n) is 3.76. The molecule has 1 aliphatic heterocycles. The number of rotatable bonds is 6. The molecule has 1 saturated heterocycles. The summed E-state index contributed by atoms with van der Waals surface area (Å²) in [6, 6.07) is 13.0. The Hall–Kier alpha value is -2.87. The van der Waals surface area contributed by atoms with Gasteiger partial charge >= 0.3 is 0 Å². The molecule has 0 spiro atoms. The van der Waals surface area contributed by atoms with Gasteiger partial charge in [-0.3, -0.25) is 0 Å². The van der Waals surface area contributed by atoms with Gasteiger partial charge in [0.05, 0.1) is 23.2 Å². The maximum atomic E-state index is 11.9. The van der Waals surface area contributed by atoms with Crippen LogP contribution in [-0.4, -0.2) is 51.4 Å². The first-order valence-corrected chi connectivity index (χ1v) is 11.4. The third-order valence-electron chi connectivity index (χ3n) is 5.30. The Morgan fingerprint density at radius 2 is 2.03 bits per heavy atom. The van der Waals surface area contributed by atoms with Crippen LogP contribution in [0.25, 0.3) is 10.9 Å². The fraction of sp³-hybridized carbons (Fsp3) is 0.333. The average Bonchev–Trinajstić information content (AvgIpc) is 3.20. The lowest BCUT2D eigenvalue weighted by Gasteiger charge is -2.21. The van der Waals surface area contributed by atoms with Crippen molar-refractivity contribution in [3.8, 4) is 5.75 Å². The predicted molar refractivity (Wildman–Crippen MR) is 114 cm³/mol. The molecule has 0 aliphatic carbocycles. The second-order valence-corrected chi connectivity index (χ2v) is 9.34. The Kier molecular flexibility index (Phi) is 5.27. The monoisotopic (exact) mass is 412 g/mol. The Morgan fingerprint density at radius 1 is 1.21 bits per heavy atom. The summed E-state index contributed by atoms with van der Waals surface area (Å²) in [6.07, 6.45) is 3.76. The Labute approximate surface area is 170 Å². The molecular formula is C21H24N4O3S. The molecule has 0 amide bonds. The van der Waals surface area contributed by atoms with Gasteiger partial charge in [0.1, 0.15) is 17.9 Å². The molecule has 2 aromatic carbocycles. The molecule has 1 aliphatic rings. The molecule has 1 unspecified atom stereocenters. The zero-order chi connectivity index (χ0) is 20.4. The first-order valence-electron chi connectivity index (χ1n) is 9.52. The molecule has 4 rings (SSSR count). The van der Waals surface area contributed by atoms with Gasteiger partial charge in [-0.1, -0.05) is 12.1 Å². The second kappa shape index (κ2) is 7.87. The van der Waals surface area contributed by atoms with E-state index in [1.54, 1.807) is 25.3 Å². The molecule has 2 heterocycles. The number of fused-ring (bicyclic) bond motifs is 1. The molecule has 7 nitrogen and oxygen atoms in total. The van der Waals surface area contributed by atoms with Crippen LogP contribution in [0.3, 0.4) is 0 Å². The number of nitrogens with one attached hydrogen (secondary N) is 1. The first-order chi connectivity index (χ1) is 14.0. The van der Waals surface area contributed by atoms with E-state index in [-0.39, 0.29) is 4.90 Å². The summed E-state index contributed by atoms with van der Waals surface area (Å²) in [4.78, 5) is 11.2. The van der Waals surface area contributed by atoms with Gasteiger partial charge in [0.2, 0.25) is 0 Å². The standard InChI is InChI=1S/C21H24N4O3S/c1-28-20-6-4-3-5-19(20)25-10-9-15(13-25)12-22-21-17-11-16(29(2,26)27)7-8-18(17)23-14-24-21/h3-8,11,14-15H,9-10,12-13H2,1-2H3,(H,22,23,24). The van der Waals surface area contributed by atoms with Gasteiger partial charge in [-0.05, 0) is 42.7 Å². The van der Waals surface area contributed by atoms with Crippen LogP contribution in [-0.2, 0) is 9.84 Å². The lowest BCUT2D eigenvalue weighted by Crippen LogP contribution is -2.23. The van der Waals surface area contributed by atoms with Gasteiger partial charge in [-0.25, -0.2) is 18.4 Å². The molecule has 0 bridgehead atoms. The number of ether oxygens (including phenoxy) is 1. The normalized spacial score (nSPS) is 16.9. The van der Waals surface area contributed by atoms with Crippen molar-refractivity contribution >= 4 is 32.2 Å². The smallest absolute Gasteiger partial charge is 0.175 e. The molecule has 8 heteroatoms. The number of nitrogens with zero attached hydrogens (tertiary/aromatic N) is 3. The Bertz CT molecular complexity index is 1130. The Morgan fingerprint density at radius 3 is 2.83 bits per heavy atom. The number of anilines is 2. The molecule has 0 saturated carbocycles. The molecule has 1 fully saturated rings. The molecule has 0 radical (unpaired) electrons. The number of methoxy groups -OCH3 is 1. The second-order valence-electron chi connectivity index (χ2n) is 7.33. The highest BCUT2D eigenvalue weighted by atomic mass is 32.2. The van der Waals surface area contributed by atoms with Gasteiger partial charge in [-0.2, -0.15) is 0 Å². The molecule has 3 aromatic rings. The maximum absolute atomic E-state index is 11.9. The van der Waals surface area contributed by atoms with E-state index < -0.39 is 9.84 Å². The number of benzene rings is 2. The minimum absolute atomic E-state index is 0.270. The van der Waals surface area contributed by atoms with Crippen molar-refractivity contribution in [2.24, 2.45) is 5.92 Å². The van der Waals surface area contributed by atoms with Crippen molar-refractivity contribution in [2.75, 3.05) is 43.2 Å². The lowest BCUT2D eigenvalue weighted by atomic mass is 10.1. The minimum atomic E-state index is -3.29. The number of para-hydroxylation sites is 2. The highest BCUT2D eigenvalue weighted by molar-refractivity contribution is 7.90. The summed E-state index contributed by atoms with van der Waals surface area (Å²) in [7, 11) is -1.59. The zero-order valence-electron chi connectivity index (χ0n) is 16.5. The number of hydrogen-bond donors (Lipinski definition) is 1. The topological polar surface area (TPSA) is 84.4 Å². The predicted octanol–water partition coefficient (Wildman–Crippen LogP) is 2.98. The SMILES string of the molecule is COc1ccccc1N1CCC(CNc2ncnc3ccc(S(C)(=O)=O)cc23)C1. The summed E-state index contributed by atoms with van der Waals surface area (Å²) < 4.78 is 29.3. The van der Waals surface area contributed by atoms with E-state index in [1.807, 2.05) is 18.2 Å². The summed E-state index contributed by atoms with van der Waals surface area (Å²) in [5.41, 5.74) is 1.83. The number of sulfone groups is 1. The summed E-state index contributed by atoms with van der Waals surface area (Å²) in [5, 5.41) is 4.12. The van der Waals surface area contributed by atoms with Crippen molar-refractivity contribution < 1.29 is 13.2 Å². The van der Waals surface area contributed by atoms with E-state index in [9.17, 15) is 8.42 Å². The van der Waals surface area contributed by atoms with Crippen LogP contribution in [0.4, 0.5) is 11.5 Å². The van der Waals surface area contributed by atoms with Gasteiger partial charge < -0.3 is 15.0 Å². The van der Waals surface area contributed by atoms with Crippen molar-refractivity contribution in [1.29, 1.82) is 0 Å². The van der Waals surface area contributed by atoms with Crippen LogP contribution in [0, 0.1) is 5.92 Å². The lowest BCUT2D eigenvalue weighted by molar-refractivity contribution is 0.414. The highest BCUT2D eigenvalue weighted by Gasteiger charge is 2.24. The first kappa shape index (κ1) is 19.4. The zero-order valence-corrected chi connectivity index (χ0v) is 17.3. The van der Waals surface area contributed by atoms with E-state index in [2.05, 4.69) is 26.3 Å².